The number of carbonyl (C=O) groups excluding carboxylic acids is 1. The lowest BCUT2D eigenvalue weighted by atomic mass is 10.3. The molecule has 0 saturated heterocycles. The topological polar surface area (TPSA) is 88.8 Å². The molecule has 2 aromatic rings. The Morgan fingerprint density at radius 3 is 2.50 bits per heavy atom. The molecule has 0 saturated carbocycles. The normalized spacial score (nSPS) is 11.2. The number of amides is 1. The number of hydrogen-bond acceptors (Lipinski definition) is 4. The summed E-state index contributed by atoms with van der Waals surface area (Å²) in [4.78, 5) is 21.5. The summed E-state index contributed by atoms with van der Waals surface area (Å²) < 4.78 is 46.7. The van der Waals surface area contributed by atoms with Gasteiger partial charge in [0.15, 0.2) is 0 Å². The van der Waals surface area contributed by atoms with Crippen molar-refractivity contribution < 1.29 is 37.0 Å². The first-order valence-electron chi connectivity index (χ1n) is 6.29. The number of benzene rings is 1. The zero-order valence-electron chi connectivity index (χ0n) is 11.7. The van der Waals surface area contributed by atoms with Crippen LogP contribution in [0.5, 0.6) is 5.75 Å². The van der Waals surface area contributed by atoms with E-state index in [-0.39, 0.29) is 34.6 Å². The predicted octanol–water partition coefficient (Wildman–Crippen LogP) is 3.71. The Kier molecular flexibility index (Phi) is 5.03. The molecule has 0 bridgehead atoms. The molecule has 0 aliphatic carbocycles. The average molecular weight is 364 g/mol. The van der Waals surface area contributed by atoms with E-state index < -0.39 is 18.1 Å². The molecule has 1 heterocycles. The van der Waals surface area contributed by atoms with Gasteiger partial charge in [-0.25, -0.2) is 4.79 Å². The van der Waals surface area contributed by atoms with E-state index in [2.05, 4.69) is 0 Å². The number of rotatable bonds is 5. The molecule has 0 unspecified atom stereocenters. The standard InChI is InChI=1S/C14H9ClF3NO5/c15-9-5-7(19-13(22)14(16,17)18)1-3-10(9)23-6-8-2-4-11(24-8)12(20)21/h1-5H,6H2,(H,19,22)(H,20,21). The summed E-state index contributed by atoms with van der Waals surface area (Å²) in [6.45, 7) is -0.138. The largest absolute Gasteiger partial charge is 0.484 e. The lowest BCUT2D eigenvalue weighted by Crippen LogP contribution is -2.29. The molecular weight excluding hydrogens is 355 g/mol. The van der Waals surface area contributed by atoms with Gasteiger partial charge < -0.3 is 19.6 Å². The van der Waals surface area contributed by atoms with Crippen LogP contribution in [0.2, 0.25) is 5.02 Å². The van der Waals surface area contributed by atoms with Crippen molar-refractivity contribution in [2.75, 3.05) is 5.32 Å². The molecule has 2 N–H and O–H groups in total. The van der Waals surface area contributed by atoms with Crippen LogP contribution in [0, 0.1) is 0 Å². The number of carboxylic acid groups (broad SMARTS) is 1. The summed E-state index contributed by atoms with van der Waals surface area (Å²) in [5.74, 6) is -3.27. The number of anilines is 1. The molecule has 10 heteroatoms. The molecule has 0 aliphatic heterocycles. The Bertz CT molecular complexity index is 772. The number of hydrogen-bond donors (Lipinski definition) is 2. The Morgan fingerprint density at radius 2 is 1.96 bits per heavy atom. The molecule has 1 amide bonds. The van der Waals surface area contributed by atoms with Crippen molar-refractivity contribution in [2.45, 2.75) is 12.8 Å². The second kappa shape index (κ2) is 6.83. The Labute approximate surface area is 137 Å². The summed E-state index contributed by atoms with van der Waals surface area (Å²) in [7, 11) is 0. The molecule has 0 aliphatic rings. The van der Waals surface area contributed by atoms with E-state index in [0.29, 0.717) is 0 Å². The van der Waals surface area contributed by atoms with Gasteiger partial charge in [0.1, 0.15) is 18.1 Å². The fourth-order valence-corrected chi connectivity index (χ4v) is 1.85. The smallest absolute Gasteiger partial charge is 0.471 e. The molecular formula is C14H9ClF3NO5. The van der Waals surface area contributed by atoms with E-state index >= 15 is 0 Å². The Balaban J connectivity index is 2.01. The van der Waals surface area contributed by atoms with E-state index in [0.717, 1.165) is 6.07 Å². The second-order valence-electron chi connectivity index (χ2n) is 4.46. The molecule has 0 atom stereocenters. The molecule has 1 aromatic carbocycles. The van der Waals surface area contributed by atoms with E-state index in [1.54, 1.807) is 5.32 Å². The Morgan fingerprint density at radius 1 is 1.25 bits per heavy atom. The molecule has 24 heavy (non-hydrogen) atoms. The summed E-state index contributed by atoms with van der Waals surface area (Å²) in [6.07, 6.45) is -5.01. The minimum atomic E-state index is -5.01. The highest BCUT2D eigenvalue weighted by Crippen LogP contribution is 2.29. The number of ether oxygens (including phenoxy) is 1. The van der Waals surface area contributed by atoms with E-state index in [4.69, 9.17) is 25.9 Å². The number of halogens is 4. The molecule has 6 nitrogen and oxygen atoms in total. The van der Waals surface area contributed by atoms with Gasteiger partial charge in [0.25, 0.3) is 0 Å². The quantitative estimate of drug-likeness (QED) is 0.845. The molecule has 0 fully saturated rings. The van der Waals surface area contributed by atoms with Crippen molar-refractivity contribution in [3.63, 3.8) is 0 Å². The zero-order valence-corrected chi connectivity index (χ0v) is 12.4. The Hall–Kier alpha value is -2.68. The lowest BCUT2D eigenvalue weighted by Gasteiger charge is -2.10. The van der Waals surface area contributed by atoms with Crippen LogP contribution in [0.25, 0.3) is 0 Å². The van der Waals surface area contributed by atoms with Crippen LogP contribution >= 0.6 is 11.6 Å². The minimum absolute atomic E-state index is 0.0417. The van der Waals surface area contributed by atoms with Gasteiger partial charge in [-0.2, -0.15) is 13.2 Å². The highest BCUT2D eigenvalue weighted by molar-refractivity contribution is 6.32. The maximum Gasteiger partial charge on any atom is 0.471 e. The van der Waals surface area contributed by atoms with Crippen LogP contribution in [0.3, 0.4) is 0 Å². The second-order valence-corrected chi connectivity index (χ2v) is 4.86. The highest BCUT2D eigenvalue weighted by atomic mass is 35.5. The number of furan rings is 1. The van der Waals surface area contributed by atoms with Gasteiger partial charge in [0, 0.05) is 5.69 Å². The van der Waals surface area contributed by atoms with Gasteiger partial charge in [-0.05, 0) is 30.3 Å². The van der Waals surface area contributed by atoms with Crippen LogP contribution in [0.15, 0.2) is 34.7 Å². The number of aromatic carboxylic acids is 1. The first kappa shape index (κ1) is 17.7. The van der Waals surface area contributed by atoms with Gasteiger partial charge >= 0.3 is 18.1 Å². The molecule has 2 rings (SSSR count). The molecule has 0 radical (unpaired) electrons. The summed E-state index contributed by atoms with van der Waals surface area (Å²) in [5, 5.41) is 10.3. The third kappa shape index (κ3) is 4.42. The number of alkyl halides is 3. The third-order valence-electron chi connectivity index (χ3n) is 2.69. The van der Waals surface area contributed by atoms with Crippen molar-refractivity contribution in [2.24, 2.45) is 0 Å². The fourth-order valence-electron chi connectivity index (χ4n) is 1.62. The van der Waals surface area contributed by atoms with Crippen molar-refractivity contribution in [1.29, 1.82) is 0 Å². The lowest BCUT2D eigenvalue weighted by molar-refractivity contribution is -0.167. The van der Waals surface area contributed by atoms with Crippen LogP contribution in [-0.4, -0.2) is 23.2 Å². The summed E-state index contributed by atoms with van der Waals surface area (Å²) in [5.41, 5.74) is -0.152. The van der Waals surface area contributed by atoms with Gasteiger partial charge in [0.2, 0.25) is 5.76 Å². The number of nitrogens with one attached hydrogen (secondary N) is 1. The molecule has 1 aromatic heterocycles. The minimum Gasteiger partial charge on any atom is -0.484 e. The number of carboxylic acids is 1. The van der Waals surface area contributed by atoms with E-state index in [1.807, 2.05) is 0 Å². The van der Waals surface area contributed by atoms with E-state index in [9.17, 15) is 22.8 Å². The van der Waals surface area contributed by atoms with Gasteiger partial charge in [-0.3, -0.25) is 4.79 Å². The van der Waals surface area contributed by atoms with Crippen LogP contribution in [-0.2, 0) is 11.4 Å². The van der Waals surface area contributed by atoms with Gasteiger partial charge in [-0.15, -0.1) is 0 Å². The maximum atomic E-state index is 12.2. The van der Waals surface area contributed by atoms with Gasteiger partial charge in [-0.1, -0.05) is 11.6 Å². The van der Waals surface area contributed by atoms with Crippen molar-refractivity contribution >= 4 is 29.2 Å². The van der Waals surface area contributed by atoms with Crippen molar-refractivity contribution in [3.8, 4) is 5.75 Å². The zero-order chi connectivity index (χ0) is 17.9. The molecule has 128 valence electrons. The predicted molar refractivity (Wildman–Crippen MR) is 76.1 cm³/mol. The molecule has 0 spiro atoms. The summed E-state index contributed by atoms with van der Waals surface area (Å²) in [6, 6.07) is 6.17. The third-order valence-corrected chi connectivity index (χ3v) is 2.98. The van der Waals surface area contributed by atoms with Crippen LogP contribution in [0.1, 0.15) is 16.3 Å². The van der Waals surface area contributed by atoms with Gasteiger partial charge in [0.05, 0.1) is 5.02 Å². The summed E-state index contributed by atoms with van der Waals surface area (Å²) >= 11 is 5.87. The number of carbonyl (C=O) groups is 2. The average Bonchev–Trinajstić information content (AvgIpc) is 2.94. The monoisotopic (exact) mass is 363 g/mol. The van der Waals surface area contributed by atoms with Crippen LogP contribution < -0.4 is 10.1 Å². The van der Waals surface area contributed by atoms with Crippen LogP contribution in [0.4, 0.5) is 18.9 Å². The first-order valence-corrected chi connectivity index (χ1v) is 6.67. The maximum absolute atomic E-state index is 12.2. The first-order chi connectivity index (χ1) is 11.2. The van der Waals surface area contributed by atoms with Crippen molar-refractivity contribution in [3.05, 3.63) is 46.9 Å². The van der Waals surface area contributed by atoms with E-state index in [1.165, 1.54) is 24.3 Å². The highest BCUT2D eigenvalue weighted by Gasteiger charge is 2.38. The van der Waals surface area contributed by atoms with Crippen molar-refractivity contribution in [1.82, 2.24) is 0 Å². The SMILES string of the molecule is O=C(O)c1ccc(COc2ccc(NC(=O)C(F)(F)F)cc2Cl)o1. The fraction of sp³-hybridized carbons (Fsp3) is 0.143.